The van der Waals surface area contributed by atoms with Crippen molar-refractivity contribution in [1.29, 1.82) is 0 Å². The number of anilines is 1. The van der Waals surface area contributed by atoms with E-state index in [9.17, 15) is 0 Å². The van der Waals surface area contributed by atoms with E-state index in [1.165, 1.54) is 5.69 Å². The van der Waals surface area contributed by atoms with Gasteiger partial charge in [0.25, 0.3) is 0 Å². The highest BCUT2D eigenvalue weighted by Gasteiger charge is 2.22. The van der Waals surface area contributed by atoms with Gasteiger partial charge in [-0.15, -0.1) is 5.10 Å². The number of hydrogen-bond acceptors (Lipinski definition) is 3. The fourth-order valence-corrected chi connectivity index (χ4v) is 2.44. The van der Waals surface area contributed by atoms with Crippen molar-refractivity contribution in [1.82, 2.24) is 15.0 Å². The van der Waals surface area contributed by atoms with Gasteiger partial charge in [0, 0.05) is 11.2 Å². The zero-order valence-electron chi connectivity index (χ0n) is 12.7. The van der Waals surface area contributed by atoms with Crippen molar-refractivity contribution >= 4 is 16.7 Å². The summed E-state index contributed by atoms with van der Waals surface area (Å²) in [7, 11) is 0. The third kappa shape index (κ3) is 2.75. The van der Waals surface area contributed by atoms with Crippen LogP contribution in [0, 0.1) is 0 Å². The van der Waals surface area contributed by atoms with Crippen molar-refractivity contribution in [3.63, 3.8) is 0 Å². The minimum absolute atomic E-state index is 0.00555. The van der Waals surface area contributed by atoms with Crippen LogP contribution in [-0.4, -0.2) is 20.5 Å². The summed E-state index contributed by atoms with van der Waals surface area (Å²) in [6.07, 6.45) is 0. The summed E-state index contributed by atoms with van der Waals surface area (Å²) in [5, 5.41) is 8.53. The summed E-state index contributed by atoms with van der Waals surface area (Å²) in [6, 6.07) is 18.5. The lowest BCUT2D eigenvalue weighted by Gasteiger charge is -2.37. The first-order valence-electron chi connectivity index (χ1n) is 7.16. The molecule has 1 aromatic heterocycles. The molecule has 0 atom stereocenters. The van der Waals surface area contributed by atoms with Gasteiger partial charge in [-0.25, -0.2) is 4.68 Å². The van der Waals surface area contributed by atoms with Crippen molar-refractivity contribution in [2.75, 3.05) is 4.90 Å². The normalized spacial score (nSPS) is 11.8. The summed E-state index contributed by atoms with van der Waals surface area (Å²) in [5.41, 5.74) is 3.17. The van der Waals surface area contributed by atoms with Crippen molar-refractivity contribution in [2.45, 2.75) is 33.0 Å². The maximum atomic E-state index is 4.30. The predicted molar refractivity (Wildman–Crippen MR) is 86.2 cm³/mol. The Labute approximate surface area is 125 Å². The van der Waals surface area contributed by atoms with Crippen molar-refractivity contribution in [3.05, 3.63) is 54.6 Å². The van der Waals surface area contributed by atoms with Gasteiger partial charge in [-0.3, -0.25) is 0 Å². The highest BCUT2D eigenvalue weighted by Crippen LogP contribution is 2.25. The molecule has 0 spiro atoms. The molecule has 0 saturated heterocycles. The Morgan fingerprint density at radius 2 is 1.62 bits per heavy atom. The summed E-state index contributed by atoms with van der Waals surface area (Å²) in [5.74, 6) is 0. The highest BCUT2D eigenvalue weighted by atomic mass is 15.5. The Hall–Kier alpha value is -2.36. The van der Waals surface area contributed by atoms with Gasteiger partial charge in [0.05, 0.1) is 5.52 Å². The Morgan fingerprint density at radius 3 is 2.33 bits per heavy atom. The van der Waals surface area contributed by atoms with E-state index in [0.717, 1.165) is 11.0 Å². The van der Waals surface area contributed by atoms with Gasteiger partial charge < -0.3 is 4.90 Å². The van der Waals surface area contributed by atoms with Gasteiger partial charge >= 0.3 is 0 Å². The molecule has 3 aromatic rings. The average Bonchev–Trinajstić information content (AvgIpc) is 2.88. The molecule has 0 saturated carbocycles. The number of para-hydroxylation sites is 2. The van der Waals surface area contributed by atoms with Crippen LogP contribution in [0.3, 0.4) is 0 Å². The maximum absolute atomic E-state index is 4.30. The highest BCUT2D eigenvalue weighted by molar-refractivity contribution is 5.73. The van der Waals surface area contributed by atoms with Crippen LogP contribution in [0.2, 0.25) is 0 Å². The third-order valence-electron chi connectivity index (χ3n) is 3.57. The van der Waals surface area contributed by atoms with E-state index in [2.05, 4.69) is 66.3 Å². The van der Waals surface area contributed by atoms with Gasteiger partial charge in [0.15, 0.2) is 0 Å². The van der Waals surface area contributed by atoms with Crippen LogP contribution >= 0.6 is 0 Å². The van der Waals surface area contributed by atoms with Crippen LogP contribution < -0.4 is 4.90 Å². The Morgan fingerprint density at radius 1 is 0.952 bits per heavy atom. The van der Waals surface area contributed by atoms with Crippen molar-refractivity contribution in [3.8, 4) is 0 Å². The smallest absolute Gasteiger partial charge is 0.115 e. The average molecular weight is 280 g/mol. The number of hydrogen-bond donors (Lipinski definition) is 0. The molecule has 0 unspecified atom stereocenters. The Kier molecular flexibility index (Phi) is 3.37. The van der Waals surface area contributed by atoms with E-state index in [0.29, 0.717) is 6.67 Å². The van der Waals surface area contributed by atoms with Crippen molar-refractivity contribution in [2.24, 2.45) is 0 Å². The Bertz CT molecular complexity index is 725. The summed E-state index contributed by atoms with van der Waals surface area (Å²) in [4.78, 5) is 2.33. The number of rotatable bonds is 3. The lowest BCUT2D eigenvalue weighted by Crippen LogP contribution is -2.42. The second kappa shape index (κ2) is 5.20. The zero-order chi connectivity index (χ0) is 14.9. The van der Waals surface area contributed by atoms with Crippen LogP contribution in [0.15, 0.2) is 54.6 Å². The van der Waals surface area contributed by atoms with Gasteiger partial charge in [0.1, 0.15) is 12.2 Å². The van der Waals surface area contributed by atoms with E-state index in [-0.39, 0.29) is 5.54 Å². The van der Waals surface area contributed by atoms with Crippen molar-refractivity contribution < 1.29 is 0 Å². The van der Waals surface area contributed by atoms with Crippen LogP contribution in [0.4, 0.5) is 5.69 Å². The van der Waals surface area contributed by atoms with E-state index >= 15 is 0 Å². The van der Waals surface area contributed by atoms with E-state index < -0.39 is 0 Å². The van der Waals surface area contributed by atoms with Gasteiger partial charge in [-0.05, 0) is 45.0 Å². The SMILES string of the molecule is CC(C)(C)N(Cn1nnc2ccccc21)c1ccccc1. The summed E-state index contributed by atoms with van der Waals surface area (Å²) >= 11 is 0. The molecule has 0 aliphatic heterocycles. The van der Waals surface area contributed by atoms with Crippen LogP contribution in [0.5, 0.6) is 0 Å². The molecule has 4 heteroatoms. The lowest BCUT2D eigenvalue weighted by atomic mass is 10.1. The molecular weight excluding hydrogens is 260 g/mol. The standard InChI is InChI=1S/C17H20N4/c1-17(2,3)20(14-9-5-4-6-10-14)13-21-16-12-8-7-11-15(16)18-19-21/h4-12H,13H2,1-3H3. The molecule has 0 aliphatic rings. The molecule has 0 radical (unpaired) electrons. The van der Waals surface area contributed by atoms with Gasteiger partial charge in [-0.1, -0.05) is 35.5 Å². The summed E-state index contributed by atoms with van der Waals surface area (Å²) in [6.45, 7) is 7.30. The maximum Gasteiger partial charge on any atom is 0.115 e. The number of fused-ring (bicyclic) bond motifs is 1. The molecule has 1 heterocycles. The number of benzene rings is 2. The predicted octanol–water partition coefficient (Wildman–Crippen LogP) is 3.69. The first kappa shape index (κ1) is 13.6. The molecule has 3 rings (SSSR count). The lowest BCUT2D eigenvalue weighted by molar-refractivity contribution is 0.438. The molecule has 0 amide bonds. The Balaban J connectivity index is 1.99. The van der Waals surface area contributed by atoms with Crippen LogP contribution in [0.1, 0.15) is 20.8 Å². The molecule has 0 aliphatic carbocycles. The number of nitrogens with zero attached hydrogens (tertiary/aromatic N) is 4. The van der Waals surface area contributed by atoms with Gasteiger partial charge in [0.2, 0.25) is 0 Å². The van der Waals surface area contributed by atoms with E-state index in [4.69, 9.17) is 0 Å². The van der Waals surface area contributed by atoms with Crippen LogP contribution in [0.25, 0.3) is 11.0 Å². The largest absolute Gasteiger partial charge is 0.347 e. The topological polar surface area (TPSA) is 34.0 Å². The fraction of sp³-hybridized carbons (Fsp3) is 0.294. The second-order valence-electron chi connectivity index (χ2n) is 6.15. The minimum atomic E-state index is -0.00555. The van der Waals surface area contributed by atoms with E-state index in [1.807, 2.05) is 28.9 Å². The molecule has 21 heavy (non-hydrogen) atoms. The molecule has 108 valence electrons. The van der Waals surface area contributed by atoms with Crippen LogP contribution in [-0.2, 0) is 6.67 Å². The molecule has 0 bridgehead atoms. The molecule has 4 nitrogen and oxygen atoms in total. The second-order valence-corrected chi connectivity index (χ2v) is 6.15. The first-order chi connectivity index (χ1) is 10.1. The molecule has 0 N–H and O–H groups in total. The third-order valence-corrected chi connectivity index (χ3v) is 3.57. The number of aromatic nitrogens is 3. The van der Waals surface area contributed by atoms with E-state index in [1.54, 1.807) is 0 Å². The quantitative estimate of drug-likeness (QED) is 0.733. The molecule has 0 fully saturated rings. The molecular formula is C17H20N4. The minimum Gasteiger partial charge on any atom is -0.347 e. The molecule has 2 aromatic carbocycles. The first-order valence-corrected chi connectivity index (χ1v) is 7.16. The zero-order valence-corrected chi connectivity index (χ0v) is 12.7. The summed E-state index contributed by atoms with van der Waals surface area (Å²) < 4.78 is 1.95. The monoisotopic (exact) mass is 280 g/mol. The van der Waals surface area contributed by atoms with Gasteiger partial charge in [-0.2, -0.15) is 0 Å². The fourth-order valence-electron chi connectivity index (χ4n) is 2.44.